The molecule has 0 spiro atoms. The molecule has 0 aliphatic heterocycles. The summed E-state index contributed by atoms with van der Waals surface area (Å²) in [6.07, 6.45) is 1.41. The molecule has 0 N–H and O–H groups in total. The lowest BCUT2D eigenvalue weighted by molar-refractivity contribution is -0.384. The Kier molecular flexibility index (Phi) is 4.71. The van der Waals surface area contributed by atoms with E-state index in [9.17, 15) is 14.9 Å². The predicted octanol–water partition coefficient (Wildman–Crippen LogP) is 3.48. The maximum atomic E-state index is 12.0. The van der Waals surface area contributed by atoms with Crippen LogP contribution in [0.15, 0.2) is 59.1 Å². The van der Waals surface area contributed by atoms with Gasteiger partial charge in [-0.15, -0.1) is 0 Å². The van der Waals surface area contributed by atoms with Crippen molar-refractivity contribution in [3.05, 3.63) is 81.7 Å². The molecular formula is C18H11N3O5. The Bertz CT molecular complexity index is 1000. The molecular weight excluding hydrogens is 338 g/mol. The van der Waals surface area contributed by atoms with Gasteiger partial charge in [0.2, 0.25) is 5.89 Å². The van der Waals surface area contributed by atoms with E-state index in [1.807, 2.05) is 6.07 Å². The minimum Gasteiger partial charge on any atom is -0.454 e. The zero-order valence-corrected chi connectivity index (χ0v) is 13.3. The Morgan fingerprint density at radius 3 is 2.73 bits per heavy atom. The summed E-state index contributed by atoms with van der Waals surface area (Å²) in [4.78, 5) is 26.2. The number of nitriles is 1. The maximum absolute atomic E-state index is 12.0. The molecule has 0 bridgehead atoms. The number of esters is 1. The quantitative estimate of drug-likeness (QED) is 0.393. The van der Waals surface area contributed by atoms with Crippen molar-refractivity contribution < 1.29 is 18.9 Å². The monoisotopic (exact) mass is 349 g/mol. The van der Waals surface area contributed by atoms with Gasteiger partial charge in [-0.1, -0.05) is 6.07 Å². The third-order valence-electron chi connectivity index (χ3n) is 3.45. The van der Waals surface area contributed by atoms with Crippen molar-refractivity contribution in [3.63, 3.8) is 0 Å². The van der Waals surface area contributed by atoms with Crippen LogP contribution in [0.4, 0.5) is 5.69 Å². The van der Waals surface area contributed by atoms with Crippen molar-refractivity contribution in [1.82, 2.24) is 4.98 Å². The molecule has 0 aliphatic carbocycles. The average Bonchev–Trinajstić information content (AvgIpc) is 3.15. The fourth-order valence-electron chi connectivity index (χ4n) is 2.17. The van der Waals surface area contributed by atoms with Gasteiger partial charge in [-0.3, -0.25) is 10.1 Å². The number of nitrogens with zero attached hydrogens (tertiary/aromatic N) is 3. The highest BCUT2D eigenvalue weighted by molar-refractivity contribution is 5.89. The van der Waals surface area contributed by atoms with Crippen LogP contribution in [-0.2, 0) is 11.3 Å². The van der Waals surface area contributed by atoms with Crippen LogP contribution in [0.3, 0.4) is 0 Å². The number of aromatic nitrogens is 1. The third-order valence-corrected chi connectivity index (χ3v) is 3.45. The van der Waals surface area contributed by atoms with Crippen LogP contribution in [0.2, 0.25) is 0 Å². The summed E-state index contributed by atoms with van der Waals surface area (Å²) in [6, 6.07) is 13.9. The third kappa shape index (κ3) is 3.73. The molecule has 3 rings (SSSR count). The number of nitro benzene ring substituents is 1. The highest BCUT2D eigenvalue weighted by Gasteiger charge is 2.12. The fraction of sp³-hybridized carbons (Fsp3) is 0.0556. The first-order valence-electron chi connectivity index (χ1n) is 7.43. The second kappa shape index (κ2) is 7.27. The standard InChI is InChI=1S/C18H11N3O5/c19-9-12-2-1-3-14(8-12)18(22)25-11-16-10-20-17(26-16)13-4-6-15(7-5-13)21(23)24/h1-8,10H,11H2. The molecule has 0 saturated heterocycles. The second-order valence-electron chi connectivity index (χ2n) is 5.20. The minimum atomic E-state index is -0.588. The van der Waals surface area contributed by atoms with Gasteiger partial charge in [0.15, 0.2) is 12.4 Å². The first kappa shape index (κ1) is 16.9. The second-order valence-corrected chi connectivity index (χ2v) is 5.20. The molecule has 8 heteroatoms. The Balaban J connectivity index is 1.66. The summed E-state index contributed by atoms with van der Waals surface area (Å²) in [7, 11) is 0. The highest BCUT2D eigenvalue weighted by atomic mass is 16.6. The van der Waals surface area contributed by atoms with Crippen LogP contribution >= 0.6 is 0 Å². The lowest BCUT2D eigenvalue weighted by atomic mass is 10.1. The number of carbonyl (C=O) groups excluding carboxylic acids is 1. The summed E-state index contributed by atoms with van der Waals surface area (Å²) in [5.74, 6) is -0.00375. The van der Waals surface area contributed by atoms with Gasteiger partial charge in [0.25, 0.3) is 5.69 Å². The molecule has 26 heavy (non-hydrogen) atoms. The van der Waals surface area contributed by atoms with Gasteiger partial charge in [0.1, 0.15) is 0 Å². The van der Waals surface area contributed by atoms with Crippen LogP contribution in [-0.4, -0.2) is 15.9 Å². The first-order chi connectivity index (χ1) is 12.6. The van der Waals surface area contributed by atoms with E-state index in [-0.39, 0.29) is 23.7 Å². The lowest BCUT2D eigenvalue weighted by Gasteiger charge is -2.02. The summed E-state index contributed by atoms with van der Waals surface area (Å²) in [6.45, 7) is -0.129. The molecule has 0 saturated carbocycles. The molecule has 1 heterocycles. The normalized spacial score (nSPS) is 10.1. The topological polar surface area (TPSA) is 119 Å². The number of ether oxygens (including phenoxy) is 1. The number of hydrogen-bond donors (Lipinski definition) is 0. The molecule has 0 atom stereocenters. The summed E-state index contributed by atoms with van der Waals surface area (Å²) in [5, 5.41) is 19.5. The SMILES string of the molecule is N#Cc1cccc(C(=O)OCc2cnc(-c3ccc([N+](=O)[O-])cc3)o2)c1. The van der Waals surface area contributed by atoms with Crippen LogP contribution in [0.25, 0.3) is 11.5 Å². The predicted molar refractivity (Wildman–Crippen MR) is 88.9 cm³/mol. The molecule has 0 amide bonds. The number of benzene rings is 2. The maximum Gasteiger partial charge on any atom is 0.338 e. The molecule has 2 aromatic carbocycles. The van der Waals surface area contributed by atoms with E-state index < -0.39 is 10.9 Å². The average molecular weight is 349 g/mol. The number of non-ortho nitro benzene ring substituents is 1. The number of nitro groups is 1. The molecule has 8 nitrogen and oxygen atoms in total. The molecule has 0 unspecified atom stereocenters. The zero-order valence-electron chi connectivity index (χ0n) is 13.3. The summed E-state index contributed by atoms with van der Waals surface area (Å²) in [5.41, 5.74) is 1.16. The first-order valence-corrected chi connectivity index (χ1v) is 7.43. The molecule has 1 aromatic heterocycles. The van der Waals surface area contributed by atoms with E-state index in [4.69, 9.17) is 14.4 Å². The van der Waals surface area contributed by atoms with Crippen molar-refractivity contribution >= 4 is 11.7 Å². The molecule has 128 valence electrons. The Hall–Kier alpha value is -3.99. The molecule has 0 aliphatic rings. The van der Waals surface area contributed by atoms with Crippen LogP contribution in [0.1, 0.15) is 21.7 Å². The summed E-state index contributed by atoms with van der Waals surface area (Å²) >= 11 is 0. The van der Waals surface area contributed by atoms with E-state index >= 15 is 0 Å². The van der Waals surface area contributed by atoms with Gasteiger partial charge >= 0.3 is 5.97 Å². The minimum absolute atomic E-state index is 0.0333. The number of oxazole rings is 1. The van der Waals surface area contributed by atoms with Crippen LogP contribution in [0.5, 0.6) is 0 Å². The Morgan fingerprint density at radius 1 is 1.27 bits per heavy atom. The van der Waals surface area contributed by atoms with Crippen LogP contribution < -0.4 is 0 Å². The van der Waals surface area contributed by atoms with Crippen molar-refractivity contribution in [2.24, 2.45) is 0 Å². The highest BCUT2D eigenvalue weighted by Crippen LogP contribution is 2.22. The van der Waals surface area contributed by atoms with E-state index in [1.165, 1.54) is 36.5 Å². The van der Waals surface area contributed by atoms with Gasteiger partial charge in [-0.25, -0.2) is 9.78 Å². The van der Waals surface area contributed by atoms with Gasteiger partial charge in [-0.05, 0) is 30.3 Å². The van der Waals surface area contributed by atoms with Gasteiger partial charge < -0.3 is 9.15 Å². The molecule has 0 radical (unpaired) electrons. The van der Waals surface area contributed by atoms with E-state index in [0.29, 0.717) is 16.9 Å². The molecule has 3 aromatic rings. The fourth-order valence-corrected chi connectivity index (χ4v) is 2.17. The lowest BCUT2D eigenvalue weighted by Crippen LogP contribution is -2.05. The zero-order chi connectivity index (χ0) is 18.5. The van der Waals surface area contributed by atoms with E-state index in [2.05, 4.69) is 4.98 Å². The Morgan fingerprint density at radius 2 is 2.04 bits per heavy atom. The van der Waals surface area contributed by atoms with Gasteiger partial charge in [-0.2, -0.15) is 5.26 Å². The smallest absolute Gasteiger partial charge is 0.338 e. The van der Waals surface area contributed by atoms with Crippen molar-refractivity contribution in [2.45, 2.75) is 6.61 Å². The van der Waals surface area contributed by atoms with Crippen LogP contribution in [0, 0.1) is 21.4 Å². The van der Waals surface area contributed by atoms with Crippen molar-refractivity contribution in [1.29, 1.82) is 5.26 Å². The van der Waals surface area contributed by atoms with Gasteiger partial charge in [0.05, 0.1) is 28.3 Å². The summed E-state index contributed by atoms with van der Waals surface area (Å²) < 4.78 is 10.6. The largest absolute Gasteiger partial charge is 0.454 e. The van der Waals surface area contributed by atoms with E-state index in [0.717, 1.165) is 0 Å². The van der Waals surface area contributed by atoms with Crippen molar-refractivity contribution in [2.75, 3.05) is 0 Å². The van der Waals surface area contributed by atoms with Gasteiger partial charge in [0, 0.05) is 17.7 Å². The number of carbonyl (C=O) groups is 1. The van der Waals surface area contributed by atoms with Crippen molar-refractivity contribution in [3.8, 4) is 17.5 Å². The number of rotatable bonds is 5. The Labute approximate surface area is 147 Å². The molecule has 0 fully saturated rings. The van der Waals surface area contributed by atoms with E-state index in [1.54, 1.807) is 18.2 Å². The number of hydrogen-bond acceptors (Lipinski definition) is 7.